The highest BCUT2D eigenvalue weighted by molar-refractivity contribution is 5.33. The quantitative estimate of drug-likeness (QED) is 0.171. The average Bonchev–Trinajstić information content (AvgIpc) is 3.21. The molecule has 166 valence electrons. The topological polar surface area (TPSA) is 130 Å². The maximum absolute atomic E-state index is 6.30. The molecular formula is C22H38N8. The van der Waals surface area contributed by atoms with Crippen LogP contribution in [0.3, 0.4) is 0 Å². The Labute approximate surface area is 180 Å². The molecule has 0 spiro atoms. The molecule has 0 fully saturated rings. The summed E-state index contributed by atoms with van der Waals surface area (Å²) in [7, 11) is 0. The molecule has 8 nitrogen and oxygen atoms in total. The molecule has 3 rings (SSSR count). The summed E-state index contributed by atoms with van der Waals surface area (Å²) in [5.74, 6) is 6.73. The third-order valence-electron chi connectivity index (χ3n) is 6.33. The zero-order valence-electron chi connectivity index (χ0n) is 18.0. The van der Waals surface area contributed by atoms with E-state index in [0.717, 1.165) is 51.9 Å². The largest absolute Gasteiger partial charge is 0.329 e. The van der Waals surface area contributed by atoms with E-state index >= 15 is 0 Å². The lowest BCUT2D eigenvalue weighted by Gasteiger charge is -2.42. The first-order valence-corrected chi connectivity index (χ1v) is 11.2. The van der Waals surface area contributed by atoms with Crippen LogP contribution < -0.4 is 28.1 Å². The van der Waals surface area contributed by atoms with Crippen LogP contribution >= 0.6 is 0 Å². The highest BCUT2D eigenvalue weighted by Gasteiger charge is 2.39. The van der Waals surface area contributed by atoms with E-state index in [-0.39, 0.29) is 11.6 Å². The summed E-state index contributed by atoms with van der Waals surface area (Å²) < 4.78 is 0. The number of benzene rings is 1. The smallest absolute Gasteiger partial charge is 0.117 e. The first-order valence-electron chi connectivity index (χ1n) is 11.2. The molecule has 8 heteroatoms. The number of hydrogen-bond donors (Lipinski definition) is 5. The normalized spacial score (nSPS) is 25.0. The van der Waals surface area contributed by atoms with Gasteiger partial charge in [-0.3, -0.25) is 10.9 Å². The molecule has 1 heterocycles. The lowest BCUT2D eigenvalue weighted by atomic mass is 9.72. The molecule has 3 atom stereocenters. The van der Waals surface area contributed by atoms with Gasteiger partial charge in [0, 0.05) is 26.2 Å². The molecule has 0 amide bonds. The van der Waals surface area contributed by atoms with Crippen LogP contribution in [-0.4, -0.2) is 44.3 Å². The molecule has 1 aromatic rings. The minimum absolute atomic E-state index is 0.0317. The monoisotopic (exact) mass is 414 g/mol. The van der Waals surface area contributed by atoms with Crippen LogP contribution in [0.15, 0.2) is 46.8 Å². The first-order chi connectivity index (χ1) is 14.7. The Morgan fingerprint density at radius 3 is 2.80 bits per heavy atom. The number of hydrogen-bond acceptors (Lipinski definition) is 8. The van der Waals surface area contributed by atoms with E-state index in [9.17, 15) is 0 Å². The summed E-state index contributed by atoms with van der Waals surface area (Å²) in [6.45, 7) is 4.18. The Hall–Kier alpha value is -1.84. The molecule has 2 aliphatic rings. The van der Waals surface area contributed by atoms with Gasteiger partial charge in [0.2, 0.25) is 0 Å². The van der Waals surface area contributed by atoms with Gasteiger partial charge in [-0.15, -0.1) is 0 Å². The van der Waals surface area contributed by atoms with E-state index < -0.39 is 0 Å². The summed E-state index contributed by atoms with van der Waals surface area (Å²) in [5.41, 5.74) is 16.7. The minimum atomic E-state index is -0.358. The third-order valence-corrected chi connectivity index (χ3v) is 6.33. The number of allylic oxidation sites excluding steroid dienone is 2. The highest BCUT2D eigenvalue weighted by Crippen LogP contribution is 2.38. The number of nitrogens with zero attached hydrogens (tertiary/aromatic N) is 3. The maximum atomic E-state index is 6.30. The summed E-state index contributed by atoms with van der Waals surface area (Å²) in [6.07, 6.45) is 10.2. The van der Waals surface area contributed by atoms with Crippen LogP contribution in [0, 0.1) is 5.92 Å². The molecule has 0 radical (unpaired) electrons. The Morgan fingerprint density at radius 1 is 1.13 bits per heavy atom. The van der Waals surface area contributed by atoms with Gasteiger partial charge in [0.25, 0.3) is 0 Å². The number of nitrogens with one attached hydrogen (secondary N) is 2. The minimum Gasteiger partial charge on any atom is -0.329 e. The van der Waals surface area contributed by atoms with Crippen LogP contribution in [0.5, 0.6) is 0 Å². The molecule has 1 aromatic carbocycles. The van der Waals surface area contributed by atoms with Crippen molar-refractivity contribution in [2.24, 2.45) is 33.6 Å². The highest BCUT2D eigenvalue weighted by atomic mass is 15.6. The van der Waals surface area contributed by atoms with Gasteiger partial charge in [-0.05, 0) is 49.1 Å². The SMILES string of the molecule is NCCNCC(NN)(c1cccc(C2CN(CCN)N=N2)c1)C1CC/C=C\CCC1. The van der Waals surface area contributed by atoms with Crippen molar-refractivity contribution >= 4 is 0 Å². The Bertz CT molecular complexity index is 706. The van der Waals surface area contributed by atoms with Gasteiger partial charge < -0.3 is 16.8 Å². The van der Waals surface area contributed by atoms with E-state index in [1.807, 2.05) is 5.01 Å². The van der Waals surface area contributed by atoms with Crippen LogP contribution in [0.1, 0.15) is 49.3 Å². The maximum Gasteiger partial charge on any atom is 0.117 e. The fourth-order valence-electron chi connectivity index (χ4n) is 4.66. The van der Waals surface area contributed by atoms with Gasteiger partial charge >= 0.3 is 0 Å². The van der Waals surface area contributed by atoms with Crippen LogP contribution in [0.4, 0.5) is 0 Å². The fraction of sp³-hybridized carbons (Fsp3) is 0.636. The molecule has 0 bridgehead atoms. The van der Waals surface area contributed by atoms with Crippen LogP contribution in [0.2, 0.25) is 0 Å². The van der Waals surface area contributed by atoms with Crippen molar-refractivity contribution in [3.8, 4) is 0 Å². The van der Waals surface area contributed by atoms with Gasteiger partial charge in [-0.2, -0.15) is 5.11 Å². The molecule has 0 saturated heterocycles. The lowest BCUT2D eigenvalue weighted by Crippen LogP contribution is -2.58. The molecule has 8 N–H and O–H groups in total. The van der Waals surface area contributed by atoms with Gasteiger partial charge in [0.1, 0.15) is 6.04 Å². The van der Waals surface area contributed by atoms with Crippen LogP contribution in [0.25, 0.3) is 0 Å². The average molecular weight is 415 g/mol. The van der Waals surface area contributed by atoms with Gasteiger partial charge in [0.05, 0.1) is 18.6 Å². The molecule has 1 aliphatic heterocycles. The van der Waals surface area contributed by atoms with Crippen molar-refractivity contribution in [2.75, 3.05) is 39.3 Å². The predicted octanol–water partition coefficient (Wildman–Crippen LogP) is 1.71. The van der Waals surface area contributed by atoms with Crippen molar-refractivity contribution in [2.45, 2.75) is 43.7 Å². The van der Waals surface area contributed by atoms with Crippen molar-refractivity contribution in [3.05, 3.63) is 47.5 Å². The molecular weight excluding hydrogens is 376 g/mol. The Morgan fingerprint density at radius 2 is 2.00 bits per heavy atom. The molecule has 30 heavy (non-hydrogen) atoms. The van der Waals surface area contributed by atoms with Gasteiger partial charge in [0.15, 0.2) is 0 Å². The van der Waals surface area contributed by atoms with Crippen LogP contribution in [-0.2, 0) is 5.54 Å². The van der Waals surface area contributed by atoms with E-state index in [1.165, 1.54) is 17.5 Å². The molecule has 3 unspecified atom stereocenters. The first kappa shape index (κ1) is 22.8. The van der Waals surface area contributed by atoms with Crippen molar-refractivity contribution in [1.29, 1.82) is 0 Å². The second kappa shape index (κ2) is 11.5. The summed E-state index contributed by atoms with van der Waals surface area (Å²) in [5, 5.41) is 14.2. The zero-order chi connectivity index (χ0) is 21.2. The number of rotatable bonds is 10. The predicted molar refractivity (Wildman–Crippen MR) is 121 cm³/mol. The fourth-order valence-corrected chi connectivity index (χ4v) is 4.66. The molecule has 0 aromatic heterocycles. The second-order valence-electron chi connectivity index (χ2n) is 8.31. The van der Waals surface area contributed by atoms with E-state index in [0.29, 0.717) is 19.0 Å². The molecule has 0 saturated carbocycles. The summed E-state index contributed by atoms with van der Waals surface area (Å²) >= 11 is 0. The lowest BCUT2D eigenvalue weighted by molar-refractivity contribution is 0.177. The van der Waals surface area contributed by atoms with Crippen molar-refractivity contribution < 1.29 is 0 Å². The Balaban J connectivity index is 1.88. The Kier molecular flexibility index (Phi) is 8.77. The summed E-state index contributed by atoms with van der Waals surface area (Å²) in [4.78, 5) is 0. The van der Waals surface area contributed by atoms with Crippen molar-refractivity contribution in [3.63, 3.8) is 0 Å². The second-order valence-corrected chi connectivity index (χ2v) is 8.31. The van der Waals surface area contributed by atoms with Gasteiger partial charge in [-0.1, -0.05) is 41.6 Å². The summed E-state index contributed by atoms with van der Waals surface area (Å²) in [6, 6.07) is 8.72. The van der Waals surface area contributed by atoms with E-state index in [1.54, 1.807) is 0 Å². The zero-order valence-corrected chi connectivity index (χ0v) is 18.0. The van der Waals surface area contributed by atoms with Gasteiger partial charge in [-0.25, -0.2) is 5.43 Å². The van der Waals surface area contributed by atoms with Crippen molar-refractivity contribution in [1.82, 2.24) is 15.8 Å². The third kappa shape index (κ3) is 5.44. The van der Waals surface area contributed by atoms with E-state index in [4.69, 9.17) is 17.3 Å². The molecule has 1 aliphatic carbocycles. The standard InChI is InChI=1S/C22H38N8/c23-11-13-26-17-22(28-25,19-8-4-2-1-3-5-9-19)20-10-6-7-18(15-20)21-16-30(14-12-24)29-27-21/h1-2,6-7,10,15,19,21,26,28H,3-5,8-9,11-14,16-17,23-25H2/b2-1-. The number of nitrogens with two attached hydrogens (primary N) is 3. The number of hydrazine groups is 1. The van der Waals surface area contributed by atoms with E-state index in [2.05, 4.69) is 57.5 Å².